The van der Waals surface area contributed by atoms with Gasteiger partial charge in [0.2, 0.25) is 0 Å². The minimum Gasteiger partial charge on any atom is -0.468 e. The summed E-state index contributed by atoms with van der Waals surface area (Å²) in [5.41, 5.74) is 3.11. The molecular formula is C26H43NO2. The molecule has 0 N–H and O–H groups in total. The Kier molecular flexibility index (Phi) is 18.0. The Balaban J connectivity index is 0. The number of carbonyl (C=O) groups excluding carboxylic acids is 1. The van der Waals surface area contributed by atoms with Gasteiger partial charge in [-0.15, -0.1) is 0 Å². The van der Waals surface area contributed by atoms with Gasteiger partial charge in [0, 0.05) is 0 Å². The van der Waals surface area contributed by atoms with Gasteiger partial charge in [-0.3, -0.25) is 4.79 Å². The second-order valence-corrected chi connectivity index (χ2v) is 6.52. The van der Waals surface area contributed by atoms with E-state index in [2.05, 4.69) is 30.9 Å². The van der Waals surface area contributed by atoms with Gasteiger partial charge in [-0.25, -0.2) is 0 Å². The van der Waals surface area contributed by atoms with Gasteiger partial charge in [0.1, 0.15) is 5.92 Å². The van der Waals surface area contributed by atoms with E-state index in [-0.39, 0.29) is 12.0 Å². The number of hydrogen-bond donors (Lipinski definition) is 0. The zero-order chi connectivity index (χ0) is 22.8. The number of rotatable bonds is 7. The molecule has 0 aliphatic carbocycles. The standard InChI is InChI=1S/C21H29NO2.C3H8.C2H6/c1-7-13-16(8-2)20(22(4)5)19(21(23)24-6)18(9-3)17-14-11-10-12-15-17;1-3-2;1-2/h7-15,19-20H,1-6H3;3H2,1-2H3;1-2H3/b13-7-,16-8+,18-9-;;. The third kappa shape index (κ3) is 9.76. The molecule has 2 atom stereocenters. The molecule has 1 rings (SSSR count). The van der Waals surface area contributed by atoms with Crippen molar-refractivity contribution < 1.29 is 9.53 Å². The summed E-state index contributed by atoms with van der Waals surface area (Å²) in [5, 5.41) is 0. The third-order valence-corrected chi connectivity index (χ3v) is 4.11. The first-order valence-corrected chi connectivity index (χ1v) is 10.7. The van der Waals surface area contributed by atoms with Crippen LogP contribution in [0.2, 0.25) is 0 Å². The molecule has 0 saturated carbocycles. The molecule has 2 unspecified atom stereocenters. The highest BCUT2D eigenvalue weighted by Gasteiger charge is 2.35. The number of carbonyl (C=O) groups is 1. The maximum Gasteiger partial charge on any atom is 0.315 e. The molecule has 0 bridgehead atoms. The van der Waals surface area contributed by atoms with Crippen LogP contribution in [-0.4, -0.2) is 38.1 Å². The maximum absolute atomic E-state index is 12.7. The van der Waals surface area contributed by atoms with Crippen molar-refractivity contribution in [1.29, 1.82) is 0 Å². The highest BCUT2D eigenvalue weighted by molar-refractivity contribution is 5.90. The molecule has 3 nitrogen and oxygen atoms in total. The lowest BCUT2D eigenvalue weighted by Gasteiger charge is -2.33. The summed E-state index contributed by atoms with van der Waals surface area (Å²) in [5.74, 6) is -0.630. The lowest BCUT2D eigenvalue weighted by molar-refractivity contribution is -0.144. The smallest absolute Gasteiger partial charge is 0.315 e. The SMILES string of the molecule is C/C=C\C(=C/C)C(C(C(=O)OC)/C(=C\C)c1ccccc1)N(C)C.CC.CCC. The zero-order valence-corrected chi connectivity index (χ0v) is 20.3. The van der Waals surface area contributed by atoms with Crippen molar-refractivity contribution in [3.05, 3.63) is 65.8 Å². The Morgan fingerprint density at radius 1 is 1.03 bits per heavy atom. The molecule has 0 saturated heterocycles. The highest BCUT2D eigenvalue weighted by Crippen LogP contribution is 2.32. The van der Waals surface area contributed by atoms with Crippen molar-refractivity contribution in [2.45, 2.75) is 60.9 Å². The fourth-order valence-corrected chi connectivity index (χ4v) is 3.06. The van der Waals surface area contributed by atoms with Crippen LogP contribution in [0.1, 0.15) is 60.5 Å². The molecule has 0 radical (unpaired) electrons. The largest absolute Gasteiger partial charge is 0.468 e. The van der Waals surface area contributed by atoms with Gasteiger partial charge in [-0.05, 0) is 51.6 Å². The molecule has 0 amide bonds. The fourth-order valence-electron chi connectivity index (χ4n) is 3.06. The summed E-state index contributed by atoms with van der Waals surface area (Å²) in [6.07, 6.45) is 9.37. The second kappa shape index (κ2) is 17.9. The molecule has 1 aromatic carbocycles. The summed E-state index contributed by atoms with van der Waals surface area (Å²) in [6.45, 7) is 14.2. The van der Waals surface area contributed by atoms with Crippen LogP contribution >= 0.6 is 0 Å². The van der Waals surface area contributed by atoms with Crippen molar-refractivity contribution >= 4 is 11.5 Å². The Hall–Kier alpha value is -2.13. The van der Waals surface area contributed by atoms with E-state index in [4.69, 9.17) is 4.74 Å². The number of allylic oxidation sites excluding steroid dienone is 3. The molecule has 0 fully saturated rings. The van der Waals surface area contributed by atoms with Gasteiger partial charge in [-0.2, -0.15) is 0 Å². The maximum atomic E-state index is 12.7. The van der Waals surface area contributed by atoms with Crippen LogP contribution in [0, 0.1) is 5.92 Å². The Morgan fingerprint density at radius 3 is 1.90 bits per heavy atom. The number of likely N-dealkylation sites (N-methyl/N-ethyl adjacent to an activating group) is 1. The summed E-state index contributed by atoms with van der Waals surface area (Å²) < 4.78 is 5.16. The molecule has 0 aromatic heterocycles. The van der Waals surface area contributed by atoms with Gasteiger partial charge in [0.05, 0.1) is 13.2 Å². The van der Waals surface area contributed by atoms with E-state index in [0.717, 1.165) is 16.7 Å². The Morgan fingerprint density at radius 2 is 1.55 bits per heavy atom. The van der Waals surface area contributed by atoms with E-state index in [1.165, 1.54) is 13.5 Å². The summed E-state index contributed by atoms with van der Waals surface area (Å²) in [7, 11) is 5.43. The predicted octanol–water partition coefficient (Wildman–Crippen LogP) is 6.77. The van der Waals surface area contributed by atoms with Gasteiger partial charge in [-0.1, -0.05) is 88.8 Å². The topological polar surface area (TPSA) is 29.5 Å². The predicted molar refractivity (Wildman–Crippen MR) is 129 cm³/mol. The Labute approximate surface area is 180 Å². The molecule has 0 spiro atoms. The van der Waals surface area contributed by atoms with Crippen LogP contribution in [0.5, 0.6) is 0 Å². The van der Waals surface area contributed by atoms with E-state index < -0.39 is 5.92 Å². The minimum absolute atomic E-state index is 0.106. The first-order chi connectivity index (χ1) is 13.9. The lowest BCUT2D eigenvalue weighted by Crippen LogP contribution is -2.41. The van der Waals surface area contributed by atoms with E-state index in [1.807, 2.05) is 91.2 Å². The summed E-state index contributed by atoms with van der Waals surface area (Å²) in [6, 6.07) is 9.90. The second-order valence-electron chi connectivity index (χ2n) is 6.52. The summed E-state index contributed by atoms with van der Waals surface area (Å²) >= 11 is 0. The fraction of sp³-hybridized carbons (Fsp3) is 0.500. The molecule has 0 aliphatic rings. The monoisotopic (exact) mass is 401 g/mol. The van der Waals surface area contributed by atoms with Crippen LogP contribution in [0.15, 0.2) is 60.2 Å². The van der Waals surface area contributed by atoms with Crippen LogP contribution < -0.4 is 0 Å². The van der Waals surface area contributed by atoms with Crippen molar-refractivity contribution in [2.75, 3.05) is 21.2 Å². The zero-order valence-electron chi connectivity index (χ0n) is 20.3. The van der Waals surface area contributed by atoms with Gasteiger partial charge < -0.3 is 9.64 Å². The van der Waals surface area contributed by atoms with Crippen molar-refractivity contribution in [2.24, 2.45) is 5.92 Å². The van der Waals surface area contributed by atoms with Gasteiger partial charge in [0.15, 0.2) is 0 Å². The molecular weight excluding hydrogens is 358 g/mol. The molecule has 164 valence electrons. The average Bonchev–Trinajstić information content (AvgIpc) is 2.74. The van der Waals surface area contributed by atoms with E-state index in [1.54, 1.807) is 0 Å². The molecule has 3 heteroatoms. The minimum atomic E-state index is -0.403. The van der Waals surface area contributed by atoms with Crippen molar-refractivity contribution in [3.63, 3.8) is 0 Å². The van der Waals surface area contributed by atoms with Gasteiger partial charge in [0.25, 0.3) is 0 Å². The molecule has 29 heavy (non-hydrogen) atoms. The van der Waals surface area contributed by atoms with Crippen LogP contribution in [0.3, 0.4) is 0 Å². The number of benzene rings is 1. The number of esters is 1. The van der Waals surface area contributed by atoms with Crippen molar-refractivity contribution in [3.8, 4) is 0 Å². The summed E-state index contributed by atoms with van der Waals surface area (Å²) in [4.78, 5) is 14.8. The average molecular weight is 402 g/mol. The van der Waals surface area contributed by atoms with Crippen molar-refractivity contribution in [1.82, 2.24) is 4.90 Å². The lowest BCUT2D eigenvalue weighted by atomic mass is 9.82. The highest BCUT2D eigenvalue weighted by atomic mass is 16.5. The normalized spacial score (nSPS) is 13.8. The van der Waals surface area contributed by atoms with E-state index >= 15 is 0 Å². The first kappa shape index (κ1) is 29.1. The molecule has 1 aromatic rings. The third-order valence-electron chi connectivity index (χ3n) is 4.11. The van der Waals surface area contributed by atoms with Crippen LogP contribution in [-0.2, 0) is 9.53 Å². The van der Waals surface area contributed by atoms with E-state index in [0.29, 0.717) is 0 Å². The van der Waals surface area contributed by atoms with Gasteiger partial charge >= 0.3 is 5.97 Å². The molecule has 0 aliphatic heterocycles. The quantitative estimate of drug-likeness (QED) is 0.373. The van der Waals surface area contributed by atoms with Crippen LogP contribution in [0.25, 0.3) is 5.57 Å². The van der Waals surface area contributed by atoms with E-state index in [9.17, 15) is 4.79 Å². The Bertz CT molecular complexity index is 627. The number of hydrogen-bond acceptors (Lipinski definition) is 3. The van der Waals surface area contributed by atoms with Crippen LogP contribution in [0.4, 0.5) is 0 Å². The first-order valence-electron chi connectivity index (χ1n) is 10.7. The number of nitrogens with zero attached hydrogens (tertiary/aromatic N) is 1. The number of ether oxygens (including phenoxy) is 1. The molecule has 0 heterocycles. The number of methoxy groups -OCH3 is 1.